The summed E-state index contributed by atoms with van der Waals surface area (Å²) in [5.74, 6) is 1.60. The Kier molecular flexibility index (Phi) is 4.05. The number of carbonyl (C=O) groups is 1. The summed E-state index contributed by atoms with van der Waals surface area (Å²) in [5, 5.41) is 8.22. The number of hydrogen-bond acceptors (Lipinski definition) is 4. The van der Waals surface area contributed by atoms with Gasteiger partial charge in [-0.2, -0.15) is 5.10 Å². The van der Waals surface area contributed by atoms with E-state index in [4.69, 9.17) is 4.42 Å². The number of carbonyl (C=O) groups excluding carboxylic acids is 1. The van der Waals surface area contributed by atoms with Crippen LogP contribution in [0, 0.1) is 27.7 Å². The first-order valence-electron chi connectivity index (χ1n) is 9.11. The van der Waals surface area contributed by atoms with Crippen LogP contribution in [0.1, 0.15) is 52.8 Å². The highest BCUT2D eigenvalue weighted by molar-refractivity contribution is 5.92. The first kappa shape index (κ1) is 16.8. The number of aromatic amines is 1. The van der Waals surface area contributed by atoms with Gasteiger partial charge in [-0.05, 0) is 57.2 Å². The fourth-order valence-corrected chi connectivity index (χ4v) is 4.02. The van der Waals surface area contributed by atoms with Gasteiger partial charge in [-0.1, -0.05) is 6.07 Å². The molecular weight excluding hydrogens is 328 g/mol. The number of nitrogens with one attached hydrogen (secondary N) is 1. The predicted molar refractivity (Wildman–Crippen MR) is 98.9 cm³/mol. The topological polar surface area (TPSA) is 75.0 Å². The second-order valence-electron chi connectivity index (χ2n) is 7.30. The standard InChI is InChI=1S/C20H24N4O2/c1-11-8-12(2)18-15(10-26-19(18)13(11)3)9-17(25)24-7-5-6-16(24)20-21-14(4)22-23-20/h8,10,16H,5-7,9H2,1-4H3,(H,21,22,23)/t16-/m0/s1. The van der Waals surface area contributed by atoms with Crippen molar-refractivity contribution in [2.24, 2.45) is 0 Å². The maximum atomic E-state index is 13.0. The zero-order chi connectivity index (χ0) is 18.4. The Balaban J connectivity index is 1.62. The van der Waals surface area contributed by atoms with Crippen molar-refractivity contribution in [3.05, 3.63) is 46.2 Å². The molecule has 1 atom stereocenters. The Morgan fingerprint density at radius 1 is 1.31 bits per heavy atom. The number of amides is 1. The molecule has 1 N–H and O–H groups in total. The third-order valence-electron chi connectivity index (χ3n) is 5.45. The number of hydrogen-bond donors (Lipinski definition) is 1. The second-order valence-corrected chi connectivity index (χ2v) is 7.30. The number of rotatable bonds is 3. The molecule has 0 unspecified atom stereocenters. The average Bonchev–Trinajstić information content (AvgIpc) is 3.31. The van der Waals surface area contributed by atoms with Gasteiger partial charge in [0.05, 0.1) is 18.7 Å². The first-order chi connectivity index (χ1) is 12.5. The van der Waals surface area contributed by atoms with Crippen LogP contribution in [0.3, 0.4) is 0 Å². The maximum absolute atomic E-state index is 13.0. The molecule has 3 aromatic rings. The number of likely N-dealkylation sites (tertiary alicyclic amines) is 1. The molecule has 1 aromatic carbocycles. The van der Waals surface area contributed by atoms with Crippen molar-refractivity contribution < 1.29 is 9.21 Å². The molecule has 1 amide bonds. The molecule has 1 aliphatic rings. The van der Waals surface area contributed by atoms with E-state index >= 15 is 0 Å². The summed E-state index contributed by atoms with van der Waals surface area (Å²) in [6.45, 7) is 8.86. The Bertz CT molecular complexity index is 985. The van der Waals surface area contributed by atoms with Gasteiger partial charge in [0.15, 0.2) is 5.82 Å². The molecule has 1 fully saturated rings. The zero-order valence-electron chi connectivity index (χ0n) is 15.7. The van der Waals surface area contributed by atoms with Gasteiger partial charge in [-0.3, -0.25) is 9.89 Å². The van der Waals surface area contributed by atoms with Crippen molar-refractivity contribution in [3.63, 3.8) is 0 Å². The summed E-state index contributed by atoms with van der Waals surface area (Å²) in [7, 11) is 0. The first-order valence-corrected chi connectivity index (χ1v) is 9.11. The molecule has 26 heavy (non-hydrogen) atoms. The van der Waals surface area contributed by atoms with Crippen LogP contribution in [0.15, 0.2) is 16.7 Å². The zero-order valence-corrected chi connectivity index (χ0v) is 15.7. The van der Waals surface area contributed by atoms with Gasteiger partial charge >= 0.3 is 0 Å². The lowest BCUT2D eigenvalue weighted by molar-refractivity contribution is -0.131. The monoisotopic (exact) mass is 352 g/mol. The van der Waals surface area contributed by atoms with Crippen LogP contribution >= 0.6 is 0 Å². The number of aryl methyl sites for hydroxylation is 4. The number of aromatic nitrogens is 3. The van der Waals surface area contributed by atoms with Gasteiger partial charge in [-0.25, -0.2) is 4.98 Å². The third kappa shape index (κ3) is 2.69. The number of benzene rings is 1. The van der Waals surface area contributed by atoms with E-state index in [0.29, 0.717) is 12.2 Å². The summed E-state index contributed by atoms with van der Waals surface area (Å²) in [6, 6.07) is 2.13. The largest absolute Gasteiger partial charge is 0.464 e. The van der Waals surface area contributed by atoms with E-state index in [9.17, 15) is 4.79 Å². The Labute approximate surface area is 152 Å². The maximum Gasteiger partial charge on any atom is 0.227 e. The van der Waals surface area contributed by atoms with Gasteiger partial charge in [0, 0.05) is 17.5 Å². The number of fused-ring (bicyclic) bond motifs is 1. The molecule has 0 spiro atoms. The van der Waals surface area contributed by atoms with Gasteiger partial charge < -0.3 is 9.32 Å². The predicted octanol–water partition coefficient (Wildman–Crippen LogP) is 3.69. The van der Waals surface area contributed by atoms with Gasteiger partial charge in [0.25, 0.3) is 0 Å². The Morgan fingerprint density at radius 2 is 2.12 bits per heavy atom. The summed E-state index contributed by atoms with van der Waals surface area (Å²) < 4.78 is 5.82. The van der Waals surface area contributed by atoms with Crippen LogP contribution in [0.2, 0.25) is 0 Å². The lowest BCUT2D eigenvalue weighted by Gasteiger charge is -2.22. The molecule has 4 rings (SSSR count). The summed E-state index contributed by atoms with van der Waals surface area (Å²) in [6.07, 6.45) is 3.97. The Hall–Kier alpha value is -2.63. The molecule has 0 saturated carbocycles. The van der Waals surface area contributed by atoms with E-state index in [1.165, 1.54) is 5.56 Å². The molecule has 136 valence electrons. The molecule has 6 nitrogen and oxygen atoms in total. The normalized spacial score (nSPS) is 17.4. The van der Waals surface area contributed by atoms with E-state index in [-0.39, 0.29) is 11.9 Å². The third-order valence-corrected chi connectivity index (χ3v) is 5.45. The molecular formula is C20H24N4O2. The summed E-state index contributed by atoms with van der Waals surface area (Å²) in [5.41, 5.74) is 5.36. The van der Waals surface area contributed by atoms with E-state index in [1.807, 2.05) is 11.8 Å². The van der Waals surface area contributed by atoms with E-state index < -0.39 is 0 Å². The Morgan fingerprint density at radius 3 is 2.85 bits per heavy atom. The minimum atomic E-state index is -0.0318. The van der Waals surface area contributed by atoms with Crippen molar-refractivity contribution >= 4 is 16.9 Å². The van der Waals surface area contributed by atoms with Crippen LogP contribution in [0.5, 0.6) is 0 Å². The van der Waals surface area contributed by atoms with Gasteiger partial charge in [0.2, 0.25) is 5.91 Å². The molecule has 0 bridgehead atoms. The van der Waals surface area contributed by atoms with Crippen molar-refractivity contribution in [3.8, 4) is 0 Å². The number of furan rings is 1. The SMILES string of the molecule is Cc1nc([C@@H]2CCCN2C(=O)Cc2coc3c(C)c(C)cc(C)c23)n[nH]1. The lowest BCUT2D eigenvalue weighted by Crippen LogP contribution is -2.32. The summed E-state index contributed by atoms with van der Waals surface area (Å²) in [4.78, 5) is 19.4. The highest BCUT2D eigenvalue weighted by Crippen LogP contribution is 2.33. The molecule has 0 radical (unpaired) electrons. The average molecular weight is 352 g/mol. The van der Waals surface area contributed by atoms with E-state index in [1.54, 1.807) is 6.26 Å². The lowest BCUT2D eigenvalue weighted by atomic mass is 9.98. The molecule has 0 aliphatic carbocycles. The van der Waals surface area contributed by atoms with Crippen molar-refractivity contribution in [1.29, 1.82) is 0 Å². The van der Waals surface area contributed by atoms with Crippen LogP contribution in [-0.2, 0) is 11.2 Å². The smallest absolute Gasteiger partial charge is 0.227 e. The number of H-pyrrole nitrogens is 1. The molecule has 1 saturated heterocycles. The highest BCUT2D eigenvalue weighted by Gasteiger charge is 2.33. The highest BCUT2D eigenvalue weighted by atomic mass is 16.3. The molecule has 1 aliphatic heterocycles. The van der Waals surface area contributed by atoms with Gasteiger partial charge in [0.1, 0.15) is 11.4 Å². The van der Waals surface area contributed by atoms with E-state index in [2.05, 4.69) is 42.0 Å². The minimum Gasteiger partial charge on any atom is -0.464 e. The molecule has 6 heteroatoms. The molecule has 2 aromatic heterocycles. The minimum absolute atomic E-state index is 0.0318. The van der Waals surface area contributed by atoms with Crippen LogP contribution in [0.4, 0.5) is 0 Å². The molecule has 3 heterocycles. The van der Waals surface area contributed by atoms with Crippen LogP contribution < -0.4 is 0 Å². The fourth-order valence-electron chi connectivity index (χ4n) is 4.02. The van der Waals surface area contributed by atoms with Crippen molar-refractivity contribution in [1.82, 2.24) is 20.1 Å². The van der Waals surface area contributed by atoms with E-state index in [0.717, 1.165) is 52.9 Å². The fraction of sp³-hybridized carbons (Fsp3) is 0.450. The van der Waals surface area contributed by atoms with Gasteiger partial charge in [-0.15, -0.1) is 0 Å². The number of nitrogens with zero attached hydrogens (tertiary/aromatic N) is 3. The summed E-state index contributed by atoms with van der Waals surface area (Å²) >= 11 is 0. The van der Waals surface area contributed by atoms with Crippen molar-refractivity contribution in [2.45, 2.75) is 53.0 Å². The second kappa shape index (κ2) is 6.27. The van der Waals surface area contributed by atoms with Crippen LogP contribution in [-0.4, -0.2) is 32.5 Å². The van der Waals surface area contributed by atoms with Crippen molar-refractivity contribution in [2.75, 3.05) is 6.54 Å². The van der Waals surface area contributed by atoms with Crippen LogP contribution in [0.25, 0.3) is 11.0 Å². The quantitative estimate of drug-likeness (QED) is 0.780.